The van der Waals surface area contributed by atoms with E-state index in [0.29, 0.717) is 32.0 Å². The van der Waals surface area contributed by atoms with Crippen molar-refractivity contribution < 1.29 is 14.3 Å². The zero-order chi connectivity index (χ0) is 18.5. The first-order valence-electron chi connectivity index (χ1n) is 9.45. The molecule has 26 heavy (non-hydrogen) atoms. The van der Waals surface area contributed by atoms with Crippen LogP contribution >= 0.6 is 0 Å². The predicted octanol–water partition coefficient (Wildman–Crippen LogP) is 1.76. The molecule has 2 amide bonds. The molecule has 2 atom stereocenters. The third-order valence-electron chi connectivity index (χ3n) is 5.50. The molecule has 142 valence electrons. The number of nitrogens with one attached hydrogen (secondary N) is 1. The lowest BCUT2D eigenvalue weighted by atomic mass is 10.0. The fourth-order valence-corrected chi connectivity index (χ4v) is 3.66. The minimum atomic E-state index is -0.172. The summed E-state index contributed by atoms with van der Waals surface area (Å²) in [6.45, 7) is 2.77. The maximum absolute atomic E-state index is 12.6. The molecule has 1 fully saturated rings. The summed E-state index contributed by atoms with van der Waals surface area (Å²) in [4.78, 5) is 28.7. The molecule has 0 spiro atoms. The van der Waals surface area contributed by atoms with Gasteiger partial charge in [0.25, 0.3) is 0 Å². The largest absolute Gasteiger partial charge is 0.381 e. The Kier molecular flexibility index (Phi) is 6.27. The Morgan fingerprint density at radius 1 is 1.23 bits per heavy atom. The molecule has 2 aliphatic heterocycles. The first kappa shape index (κ1) is 18.9. The average Bonchev–Trinajstić information content (AvgIpc) is 3.07. The highest BCUT2D eigenvalue weighted by molar-refractivity contribution is 5.96. The van der Waals surface area contributed by atoms with Crippen LogP contribution in [0.5, 0.6) is 0 Å². The standard InChI is InChI=1S/C20H29N3O3/c1-22(10-11-23(2)19(24)13-15-9-12-26-14-15)18-8-7-16-5-3-4-6-17(16)21-20(18)25/h3-6,15,18H,7-14H2,1-2H3,(H,21,25)/t15-,18?/m1/s1. The number of carbonyl (C=O) groups is 2. The Morgan fingerprint density at radius 3 is 2.81 bits per heavy atom. The monoisotopic (exact) mass is 359 g/mol. The number of para-hydroxylation sites is 1. The summed E-state index contributed by atoms with van der Waals surface area (Å²) < 4.78 is 5.34. The molecule has 0 radical (unpaired) electrons. The highest BCUT2D eigenvalue weighted by Crippen LogP contribution is 2.23. The number of aryl methyl sites for hydroxylation is 1. The third-order valence-corrected chi connectivity index (χ3v) is 5.50. The van der Waals surface area contributed by atoms with E-state index in [1.165, 1.54) is 5.56 Å². The lowest BCUT2D eigenvalue weighted by Crippen LogP contribution is -2.45. The van der Waals surface area contributed by atoms with E-state index in [9.17, 15) is 9.59 Å². The van der Waals surface area contributed by atoms with E-state index in [0.717, 1.165) is 31.6 Å². The Morgan fingerprint density at radius 2 is 2.04 bits per heavy atom. The Bertz CT molecular complexity index is 643. The predicted molar refractivity (Wildman–Crippen MR) is 101 cm³/mol. The second-order valence-corrected chi connectivity index (χ2v) is 7.43. The molecule has 3 rings (SSSR count). The van der Waals surface area contributed by atoms with E-state index in [4.69, 9.17) is 4.74 Å². The molecule has 6 nitrogen and oxygen atoms in total. The number of carbonyl (C=O) groups excluding carboxylic acids is 2. The van der Waals surface area contributed by atoms with Gasteiger partial charge in [0.15, 0.2) is 0 Å². The van der Waals surface area contributed by atoms with E-state index in [1.807, 2.05) is 32.3 Å². The summed E-state index contributed by atoms with van der Waals surface area (Å²) in [7, 11) is 3.80. The van der Waals surface area contributed by atoms with Crippen LogP contribution < -0.4 is 5.32 Å². The quantitative estimate of drug-likeness (QED) is 0.841. The Balaban J connectivity index is 1.49. The summed E-state index contributed by atoms with van der Waals surface area (Å²) in [5.41, 5.74) is 2.10. The minimum Gasteiger partial charge on any atom is -0.381 e. The van der Waals surface area contributed by atoms with Crippen molar-refractivity contribution in [1.29, 1.82) is 0 Å². The van der Waals surface area contributed by atoms with Crippen molar-refractivity contribution >= 4 is 17.5 Å². The van der Waals surface area contributed by atoms with Gasteiger partial charge in [-0.2, -0.15) is 0 Å². The van der Waals surface area contributed by atoms with Crippen molar-refractivity contribution in [2.45, 2.75) is 31.7 Å². The molecule has 1 saturated heterocycles. The van der Waals surface area contributed by atoms with Gasteiger partial charge in [-0.05, 0) is 43.9 Å². The van der Waals surface area contributed by atoms with Gasteiger partial charge in [-0.25, -0.2) is 0 Å². The molecular weight excluding hydrogens is 330 g/mol. The van der Waals surface area contributed by atoms with Crippen molar-refractivity contribution in [2.24, 2.45) is 5.92 Å². The molecule has 1 aromatic carbocycles. The Hall–Kier alpha value is -1.92. The van der Waals surface area contributed by atoms with Crippen LogP contribution in [0.2, 0.25) is 0 Å². The molecule has 1 N–H and O–H groups in total. The number of likely N-dealkylation sites (N-methyl/N-ethyl adjacent to an activating group) is 2. The van der Waals surface area contributed by atoms with Gasteiger partial charge in [0.2, 0.25) is 11.8 Å². The normalized spacial score (nSPS) is 22.7. The summed E-state index contributed by atoms with van der Waals surface area (Å²) in [6.07, 6.45) is 3.19. The van der Waals surface area contributed by atoms with Gasteiger partial charge < -0.3 is 15.0 Å². The molecule has 1 aromatic rings. The second kappa shape index (κ2) is 8.64. The molecule has 2 aliphatic rings. The first-order chi connectivity index (χ1) is 12.5. The number of amides is 2. The fraction of sp³-hybridized carbons (Fsp3) is 0.600. The maximum Gasteiger partial charge on any atom is 0.241 e. The smallest absolute Gasteiger partial charge is 0.241 e. The van der Waals surface area contributed by atoms with Gasteiger partial charge in [-0.3, -0.25) is 14.5 Å². The fourth-order valence-electron chi connectivity index (χ4n) is 3.66. The van der Waals surface area contributed by atoms with Gasteiger partial charge in [0, 0.05) is 45.5 Å². The van der Waals surface area contributed by atoms with E-state index < -0.39 is 0 Å². The number of rotatable bonds is 6. The second-order valence-electron chi connectivity index (χ2n) is 7.43. The summed E-state index contributed by atoms with van der Waals surface area (Å²) in [5, 5.41) is 3.04. The third kappa shape index (κ3) is 4.62. The van der Waals surface area contributed by atoms with E-state index in [1.54, 1.807) is 4.90 Å². The summed E-state index contributed by atoms with van der Waals surface area (Å²) in [5.74, 6) is 0.551. The van der Waals surface area contributed by atoms with Crippen LogP contribution in [-0.4, -0.2) is 68.1 Å². The highest BCUT2D eigenvalue weighted by atomic mass is 16.5. The lowest BCUT2D eigenvalue weighted by Gasteiger charge is -2.28. The SMILES string of the molecule is CN(CCN(C)C1CCc2ccccc2NC1=O)C(=O)C[C@H]1CCOC1. The summed E-state index contributed by atoms with van der Waals surface area (Å²) >= 11 is 0. The minimum absolute atomic E-state index is 0.0366. The first-order valence-corrected chi connectivity index (χ1v) is 9.45. The van der Waals surface area contributed by atoms with Crippen LogP contribution in [0.25, 0.3) is 0 Å². The van der Waals surface area contributed by atoms with E-state index in [-0.39, 0.29) is 17.9 Å². The number of benzene rings is 1. The van der Waals surface area contributed by atoms with Crippen LogP contribution in [-0.2, 0) is 20.7 Å². The van der Waals surface area contributed by atoms with Crippen LogP contribution in [0.3, 0.4) is 0 Å². The number of ether oxygens (including phenoxy) is 1. The van der Waals surface area contributed by atoms with Crippen molar-refractivity contribution in [3.63, 3.8) is 0 Å². The van der Waals surface area contributed by atoms with Gasteiger partial charge in [0.1, 0.15) is 0 Å². The molecule has 0 aliphatic carbocycles. The van der Waals surface area contributed by atoms with Gasteiger partial charge in [-0.15, -0.1) is 0 Å². The van der Waals surface area contributed by atoms with Gasteiger partial charge in [0.05, 0.1) is 6.04 Å². The highest BCUT2D eigenvalue weighted by Gasteiger charge is 2.27. The van der Waals surface area contributed by atoms with Gasteiger partial charge in [-0.1, -0.05) is 18.2 Å². The molecule has 0 aromatic heterocycles. The summed E-state index contributed by atoms with van der Waals surface area (Å²) in [6, 6.07) is 7.80. The van der Waals surface area contributed by atoms with Crippen LogP contribution in [0, 0.1) is 5.92 Å². The molecule has 0 bridgehead atoms. The number of hydrogen-bond donors (Lipinski definition) is 1. The Labute approximate surface area is 155 Å². The zero-order valence-electron chi connectivity index (χ0n) is 15.7. The number of fused-ring (bicyclic) bond motifs is 1. The van der Waals surface area contributed by atoms with Crippen molar-refractivity contribution in [2.75, 3.05) is 45.7 Å². The lowest BCUT2D eigenvalue weighted by molar-refractivity contribution is -0.131. The van der Waals surface area contributed by atoms with E-state index in [2.05, 4.69) is 16.3 Å². The molecular formula is C20H29N3O3. The number of hydrogen-bond acceptors (Lipinski definition) is 4. The van der Waals surface area contributed by atoms with Crippen molar-refractivity contribution in [1.82, 2.24) is 9.80 Å². The van der Waals surface area contributed by atoms with E-state index >= 15 is 0 Å². The molecule has 0 saturated carbocycles. The van der Waals surface area contributed by atoms with Crippen molar-refractivity contribution in [3.8, 4) is 0 Å². The van der Waals surface area contributed by atoms with Crippen molar-refractivity contribution in [3.05, 3.63) is 29.8 Å². The zero-order valence-corrected chi connectivity index (χ0v) is 15.7. The molecule has 2 heterocycles. The molecule has 1 unspecified atom stereocenters. The number of anilines is 1. The van der Waals surface area contributed by atoms with Gasteiger partial charge >= 0.3 is 0 Å². The van der Waals surface area contributed by atoms with Crippen LogP contribution in [0.15, 0.2) is 24.3 Å². The molecule has 6 heteroatoms. The number of nitrogens with zero attached hydrogens (tertiary/aromatic N) is 2. The van der Waals surface area contributed by atoms with Crippen LogP contribution in [0.4, 0.5) is 5.69 Å². The average molecular weight is 359 g/mol. The topological polar surface area (TPSA) is 61.9 Å². The maximum atomic E-state index is 12.6. The van der Waals surface area contributed by atoms with Crippen LogP contribution in [0.1, 0.15) is 24.8 Å².